The van der Waals surface area contributed by atoms with E-state index in [0.717, 1.165) is 16.8 Å². The van der Waals surface area contributed by atoms with Crippen LogP contribution in [0.3, 0.4) is 0 Å². The highest BCUT2D eigenvalue weighted by atomic mass is 16.5. The number of aliphatic hydroxyl groups is 1. The van der Waals surface area contributed by atoms with Crippen LogP contribution >= 0.6 is 0 Å². The van der Waals surface area contributed by atoms with Crippen molar-refractivity contribution in [1.82, 2.24) is 10.6 Å². The van der Waals surface area contributed by atoms with Gasteiger partial charge >= 0.3 is 7.12 Å². The molecular formula is C24H40BN3O8. The molecular weight excluding hydrogens is 469 g/mol. The number of nitrogens with one attached hydrogen (secondary N) is 2. The van der Waals surface area contributed by atoms with E-state index >= 15 is 0 Å². The summed E-state index contributed by atoms with van der Waals surface area (Å²) >= 11 is 0. The molecule has 2 amide bonds. The van der Waals surface area contributed by atoms with Crippen LogP contribution in [0.2, 0.25) is 0 Å². The Morgan fingerprint density at radius 1 is 1.03 bits per heavy atom. The zero-order chi connectivity index (χ0) is 27.2. The van der Waals surface area contributed by atoms with Gasteiger partial charge < -0.3 is 44.9 Å². The van der Waals surface area contributed by atoms with Crippen molar-refractivity contribution in [3.05, 3.63) is 11.1 Å². The fraction of sp³-hybridized carbons (Fsp3) is 0.667. The van der Waals surface area contributed by atoms with Gasteiger partial charge in [-0.3, -0.25) is 9.59 Å². The first-order valence-corrected chi connectivity index (χ1v) is 12.1. The molecule has 0 saturated carbocycles. The van der Waals surface area contributed by atoms with Crippen LogP contribution in [0, 0.1) is 11.8 Å². The molecule has 0 saturated heterocycles. The average Bonchev–Trinajstić information content (AvgIpc) is 2.83. The second-order valence-electron chi connectivity index (χ2n) is 9.64. The molecule has 0 spiro atoms. The van der Waals surface area contributed by atoms with Gasteiger partial charge in [0.2, 0.25) is 17.6 Å². The zero-order valence-corrected chi connectivity index (χ0v) is 22.3. The van der Waals surface area contributed by atoms with Gasteiger partial charge in [0.1, 0.15) is 6.04 Å². The molecule has 0 heterocycles. The van der Waals surface area contributed by atoms with Crippen LogP contribution in [-0.4, -0.2) is 88.1 Å². The van der Waals surface area contributed by atoms with E-state index in [1.54, 1.807) is 21.3 Å². The second kappa shape index (κ2) is 13.0. The maximum Gasteiger partial charge on any atom is 0.475 e. The van der Waals surface area contributed by atoms with E-state index in [4.69, 9.17) is 14.2 Å². The Labute approximate surface area is 213 Å². The van der Waals surface area contributed by atoms with Crippen molar-refractivity contribution < 1.29 is 39.0 Å². The number of methoxy groups -OCH3 is 3. The molecule has 36 heavy (non-hydrogen) atoms. The maximum atomic E-state index is 13.2. The first-order valence-electron chi connectivity index (χ1n) is 12.1. The van der Waals surface area contributed by atoms with E-state index in [9.17, 15) is 24.7 Å². The smallest absolute Gasteiger partial charge is 0.475 e. The molecule has 202 valence electrons. The predicted octanol–water partition coefficient (Wildman–Crippen LogP) is -0.0967. The fourth-order valence-electron chi connectivity index (χ4n) is 4.73. The Hall–Kier alpha value is -2.70. The zero-order valence-electron chi connectivity index (χ0n) is 22.3. The lowest BCUT2D eigenvalue weighted by molar-refractivity contribution is -0.132. The van der Waals surface area contributed by atoms with Crippen LogP contribution in [0.1, 0.15) is 37.8 Å². The van der Waals surface area contributed by atoms with Crippen LogP contribution < -0.4 is 29.7 Å². The summed E-state index contributed by atoms with van der Waals surface area (Å²) in [5, 5.41) is 34.1. The molecule has 0 radical (unpaired) electrons. The summed E-state index contributed by atoms with van der Waals surface area (Å²) < 4.78 is 16.9. The fourth-order valence-corrected chi connectivity index (χ4v) is 4.73. The number of anilines is 1. The van der Waals surface area contributed by atoms with Gasteiger partial charge in [0.15, 0.2) is 11.5 Å². The third-order valence-corrected chi connectivity index (χ3v) is 6.40. The first kappa shape index (κ1) is 29.5. The molecule has 0 aliphatic heterocycles. The van der Waals surface area contributed by atoms with Crippen LogP contribution in [-0.2, 0) is 22.4 Å². The Balaban J connectivity index is 2.28. The van der Waals surface area contributed by atoms with Crippen LogP contribution in [0.4, 0.5) is 5.69 Å². The number of rotatable bonds is 12. The lowest BCUT2D eigenvalue weighted by atomic mass is 9.75. The minimum Gasteiger partial charge on any atom is -0.492 e. The minimum atomic E-state index is -1.76. The highest BCUT2D eigenvalue weighted by Crippen LogP contribution is 2.51. The molecule has 12 heteroatoms. The molecule has 0 aromatic heterocycles. The Morgan fingerprint density at radius 3 is 2.11 bits per heavy atom. The van der Waals surface area contributed by atoms with Gasteiger partial charge in [-0.2, -0.15) is 0 Å². The maximum absolute atomic E-state index is 13.2. The van der Waals surface area contributed by atoms with Gasteiger partial charge in [-0.05, 0) is 37.2 Å². The van der Waals surface area contributed by atoms with Gasteiger partial charge in [0.05, 0.1) is 39.6 Å². The molecule has 3 atom stereocenters. The van der Waals surface area contributed by atoms with E-state index in [2.05, 4.69) is 10.6 Å². The van der Waals surface area contributed by atoms with Crippen molar-refractivity contribution in [2.45, 2.75) is 51.5 Å². The number of carbonyl (C=O) groups is 2. The number of aliphatic hydroxyl groups excluding tert-OH is 1. The Bertz CT molecular complexity index is 925. The summed E-state index contributed by atoms with van der Waals surface area (Å²) in [7, 11) is 6.65. The monoisotopic (exact) mass is 509 g/mol. The Kier molecular flexibility index (Phi) is 10.7. The summed E-state index contributed by atoms with van der Waals surface area (Å²) in [4.78, 5) is 27.8. The van der Waals surface area contributed by atoms with Crippen molar-refractivity contribution in [3.63, 3.8) is 0 Å². The van der Waals surface area contributed by atoms with Gasteiger partial charge in [0.25, 0.3) is 0 Å². The SMILES string of the molecule is COc1c2c(c(N(C)C)c(OC)c1OC)CC(C(=O)N[C@@H](CO)C(=O)N[C@@H](CC(C)C)B(O)O)CC2. The average molecular weight is 509 g/mol. The van der Waals surface area contributed by atoms with Crippen molar-refractivity contribution in [2.75, 3.05) is 46.9 Å². The van der Waals surface area contributed by atoms with Crippen molar-refractivity contribution in [3.8, 4) is 17.2 Å². The number of carbonyl (C=O) groups excluding carboxylic acids is 2. The van der Waals surface area contributed by atoms with E-state index in [1.807, 2.05) is 32.8 Å². The molecule has 5 N–H and O–H groups in total. The Morgan fingerprint density at radius 2 is 1.64 bits per heavy atom. The van der Waals surface area contributed by atoms with Gasteiger partial charge in [-0.15, -0.1) is 0 Å². The number of benzene rings is 1. The van der Waals surface area contributed by atoms with Gasteiger partial charge in [-0.25, -0.2) is 0 Å². The quantitative estimate of drug-likeness (QED) is 0.244. The number of hydrogen-bond acceptors (Lipinski definition) is 9. The second-order valence-corrected chi connectivity index (χ2v) is 9.64. The molecule has 0 bridgehead atoms. The predicted molar refractivity (Wildman–Crippen MR) is 137 cm³/mol. The van der Waals surface area contributed by atoms with E-state index in [1.165, 1.54) is 0 Å². The molecule has 2 rings (SSSR count). The van der Waals surface area contributed by atoms with Crippen LogP contribution in [0.25, 0.3) is 0 Å². The molecule has 1 aromatic carbocycles. The number of fused-ring (bicyclic) bond motifs is 1. The summed E-state index contributed by atoms with van der Waals surface area (Å²) in [5.74, 6) is -0.769. The van der Waals surface area contributed by atoms with Crippen LogP contribution in [0.5, 0.6) is 17.2 Å². The summed E-state index contributed by atoms with van der Waals surface area (Å²) in [5.41, 5.74) is 2.62. The van der Waals surface area contributed by atoms with E-state index in [-0.39, 0.29) is 11.8 Å². The molecule has 1 aliphatic carbocycles. The lowest BCUT2D eigenvalue weighted by Gasteiger charge is -2.32. The standard InChI is InChI=1S/C24H40BN3O8/c1-13(2)10-18(25(32)33)27-24(31)17(12-29)26-23(30)14-8-9-15-16(11-14)19(28(3)4)21(35-6)22(36-7)20(15)34-5/h13-14,17-18,29,32-33H,8-12H2,1-7H3,(H,26,30)(H,27,31)/t14?,17-,18-/m0/s1. The van der Waals surface area contributed by atoms with Gasteiger partial charge in [0, 0.05) is 25.6 Å². The molecule has 1 aromatic rings. The number of hydrogen-bond donors (Lipinski definition) is 5. The third kappa shape index (κ3) is 6.54. The van der Waals surface area contributed by atoms with Crippen molar-refractivity contribution >= 4 is 24.6 Å². The van der Waals surface area contributed by atoms with Crippen LogP contribution in [0.15, 0.2) is 0 Å². The minimum absolute atomic E-state index is 0.0973. The molecule has 11 nitrogen and oxygen atoms in total. The number of amides is 2. The van der Waals surface area contributed by atoms with Crippen molar-refractivity contribution in [2.24, 2.45) is 11.8 Å². The molecule has 1 unspecified atom stereocenters. The highest BCUT2D eigenvalue weighted by Gasteiger charge is 2.36. The highest BCUT2D eigenvalue weighted by molar-refractivity contribution is 6.43. The van der Waals surface area contributed by atoms with E-state index < -0.39 is 37.5 Å². The topological polar surface area (TPSA) is 150 Å². The summed E-state index contributed by atoms with van der Waals surface area (Å²) in [6.45, 7) is 3.14. The first-order chi connectivity index (χ1) is 17.0. The number of nitrogens with zero attached hydrogens (tertiary/aromatic N) is 1. The van der Waals surface area contributed by atoms with Crippen molar-refractivity contribution in [1.29, 1.82) is 0 Å². The normalized spacial score (nSPS) is 16.5. The molecule has 0 fully saturated rings. The third-order valence-electron chi connectivity index (χ3n) is 6.40. The summed E-state index contributed by atoms with van der Waals surface area (Å²) in [6.07, 6.45) is 1.75. The number of ether oxygens (including phenoxy) is 3. The lowest BCUT2D eigenvalue weighted by Crippen LogP contribution is -2.56. The van der Waals surface area contributed by atoms with E-state index in [0.29, 0.717) is 42.9 Å². The molecule has 1 aliphatic rings. The largest absolute Gasteiger partial charge is 0.492 e. The summed E-state index contributed by atoms with van der Waals surface area (Å²) in [6, 6.07) is -1.22. The van der Waals surface area contributed by atoms with Gasteiger partial charge in [-0.1, -0.05) is 13.8 Å².